The Kier molecular flexibility index (Phi) is 4.74. The topological polar surface area (TPSA) is 46.4 Å². The van der Waals surface area contributed by atoms with Gasteiger partial charge in [-0.15, -0.1) is 0 Å². The van der Waals surface area contributed by atoms with Crippen LogP contribution in [0.25, 0.3) is 0 Å². The van der Waals surface area contributed by atoms with Gasteiger partial charge < -0.3 is 4.90 Å². The summed E-state index contributed by atoms with van der Waals surface area (Å²) in [5.74, 6) is 0. The number of nitrogens with zero attached hydrogens (tertiary/aromatic N) is 2. The summed E-state index contributed by atoms with van der Waals surface area (Å²) in [6, 6.07) is 15.0. The van der Waals surface area contributed by atoms with Crippen LogP contribution in [-0.2, 0) is 5.33 Å². The molecule has 0 aliphatic carbocycles. The first kappa shape index (κ1) is 14.5. The smallest absolute Gasteiger partial charge is 0.269 e. The molecule has 4 nitrogen and oxygen atoms in total. The summed E-state index contributed by atoms with van der Waals surface area (Å²) in [5.41, 5.74) is 3.09. The minimum Gasteiger partial charge on any atom is -0.342 e. The predicted molar refractivity (Wildman–Crippen MR) is 84.8 cm³/mol. The molecule has 0 N–H and O–H groups in total. The summed E-state index contributed by atoms with van der Waals surface area (Å²) >= 11 is 3.41. The van der Waals surface area contributed by atoms with Gasteiger partial charge in [0, 0.05) is 35.4 Å². The summed E-state index contributed by atoms with van der Waals surface area (Å²) < 4.78 is 0. The third-order valence-corrected chi connectivity index (χ3v) is 3.70. The highest BCUT2D eigenvalue weighted by Crippen LogP contribution is 2.32. The molecule has 0 aromatic heterocycles. The number of nitro benzene ring substituents is 1. The Hall–Kier alpha value is -1.88. The van der Waals surface area contributed by atoms with Crippen molar-refractivity contribution >= 4 is 33.0 Å². The lowest BCUT2D eigenvalue weighted by atomic mass is 10.1. The van der Waals surface area contributed by atoms with Crippen molar-refractivity contribution < 1.29 is 4.92 Å². The van der Waals surface area contributed by atoms with Crippen molar-refractivity contribution in [3.05, 3.63) is 64.2 Å². The Labute approximate surface area is 126 Å². The average Bonchev–Trinajstić information content (AvgIpc) is 2.49. The normalized spacial score (nSPS) is 10.3. The second kappa shape index (κ2) is 6.52. The molecule has 0 heterocycles. The number of nitro groups is 1. The van der Waals surface area contributed by atoms with Crippen LogP contribution < -0.4 is 4.90 Å². The fourth-order valence-electron chi connectivity index (χ4n) is 2.16. The minimum absolute atomic E-state index is 0.118. The van der Waals surface area contributed by atoms with Gasteiger partial charge in [-0.05, 0) is 30.7 Å². The van der Waals surface area contributed by atoms with E-state index in [9.17, 15) is 10.1 Å². The van der Waals surface area contributed by atoms with E-state index in [2.05, 4.69) is 27.8 Å². The minimum atomic E-state index is -0.366. The van der Waals surface area contributed by atoms with Crippen molar-refractivity contribution in [1.82, 2.24) is 0 Å². The molecule has 0 amide bonds. The number of halogens is 1. The van der Waals surface area contributed by atoms with Crippen molar-refractivity contribution in [3.8, 4) is 0 Å². The van der Waals surface area contributed by atoms with Gasteiger partial charge in [0.05, 0.1) is 4.92 Å². The van der Waals surface area contributed by atoms with Crippen molar-refractivity contribution in [2.45, 2.75) is 12.3 Å². The first-order chi connectivity index (χ1) is 9.67. The second-order valence-corrected chi connectivity index (χ2v) is 4.84. The van der Waals surface area contributed by atoms with Crippen LogP contribution >= 0.6 is 15.9 Å². The molecule has 2 aromatic carbocycles. The maximum absolute atomic E-state index is 10.9. The lowest BCUT2D eigenvalue weighted by Crippen LogP contribution is -2.17. The Balaban J connectivity index is 2.47. The number of hydrogen-bond donors (Lipinski definition) is 0. The summed E-state index contributed by atoms with van der Waals surface area (Å²) in [6.07, 6.45) is 0. The van der Waals surface area contributed by atoms with Crippen molar-refractivity contribution in [2.24, 2.45) is 0 Å². The molecule has 5 heteroatoms. The van der Waals surface area contributed by atoms with E-state index >= 15 is 0 Å². The molecular formula is C15H15BrN2O2. The van der Waals surface area contributed by atoms with Crippen molar-refractivity contribution in [2.75, 3.05) is 11.4 Å². The number of non-ortho nitro benzene ring substituents is 1. The van der Waals surface area contributed by atoms with E-state index in [4.69, 9.17) is 0 Å². The molecule has 0 unspecified atom stereocenters. The number of alkyl halides is 1. The SMILES string of the molecule is CCN(c1ccccc1)c1ccc([N+](=O)[O-])cc1CBr. The molecule has 0 saturated heterocycles. The zero-order valence-corrected chi connectivity index (χ0v) is 12.7. The lowest BCUT2D eigenvalue weighted by molar-refractivity contribution is -0.384. The largest absolute Gasteiger partial charge is 0.342 e. The van der Waals surface area contributed by atoms with E-state index in [1.54, 1.807) is 12.1 Å². The van der Waals surface area contributed by atoms with E-state index in [0.717, 1.165) is 23.5 Å². The molecular weight excluding hydrogens is 320 g/mol. The monoisotopic (exact) mass is 334 g/mol. The number of rotatable bonds is 5. The Morgan fingerprint density at radius 3 is 2.45 bits per heavy atom. The quantitative estimate of drug-likeness (QED) is 0.454. The molecule has 0 aliphatic heterocycles. The van der Waals surface area contributed by atoms with Gasteiger partial charge in [-0.1, -0.05) is 34.1 Å². The van der Waals surface area contributed by atoms with Crippen LogP contribution in [0, 0.1) is 10.1 Å². The van der Waals surface area contributed by atoms with Gasteiger partial charge in [0.25, 0.3) is 5.69 Å². The van der Waals surface area contributed by atoms with Crippen molar-refractivity contribution in [3.63, 3.8) is 0 Å². The molecule has 20 heavy (non-hydrogen) atoms. The number of anilines is 2. The summed E-state index contributed by atoms with van der Waals surface area (Å²) in [4.78, 5) is 12.6. The predicted octanol–water partition coefficient (Wildman–Crippen LogP) is 4.65. The third-order valence-electron chi connectivity index (χ3n) is 3.09. The maximum Gasteiger partial charge on any atom is 0.269 e. The molecule has 0 spiro atoms. The highest BCUT2D eigenvalue weighted by atomic mass is 79.9. The van der Waals surface area contributed by atoms with Gasteiger partial charge >= 0.3 is 0 Å². The van der Waals surface area contributed by atoms with Crippen LogP contribution in [0.4, 0.5) is 17.1 Å². The highest BCUT2D eigenvalue weighted by molar-refractivity contribution is 9.08. The van der Waals surface area contributed by atoms with E-state index in [1.807, 2.05) is 36.4 Å². The van der Waals surface area contributed by atoms with E-state index < -0.39 is 0 Å². The van der Waals surface area contributed by atoms with E-state index in [-0.39, 0.29) is 10.6 Å². The first-order valence-corrected chi connectivity index (χ1v) is 7.45. The molecule has 0 fully saturated rings. The van der Waals surface area contributed by atoms with Crippen molar-refractivity contribution in [1.29, 1.82) is 0 Å². The zero-order chi connectivity index (χ0) is 14.5. The zero-order valence-electron chi connectivity index (χ0n) is 11.1. The van der Waals surface area contributed by atoms with Gasteiger partial charge in [-0.25, -0.2) is 0 Å². The third kappa shape index (κ3) is 2.99. The van der Waals surface area contributed by atoms with E-state index in [0.29, 0.717) is 5.33 Å². The number of para-hydroxylation sites is 1. The second-order valence-electron chi connectivity index (χ2n) is 4.28. The molecule has 0 atom stereocenters. The molecule has 104 valence electrons. The van der Waals surface area contributed by atoms with Crippen LogP contribution in [0.5, 0.6) is 0 Å². The summed E-state index contributed by atoms with van der Waals surface area (Å²) in [6.45, 7) is 2.86. The van der Waals surface area contributed by atoms with Gasteiger partial charge in [-0.2, -0.15) is 0 Å². The van der Waals surface area contributed by atoms with Crippen LogP contribution in [0.3, 0.4) is 0 Å². The van der Waals surface area contributed by atoms with Gasteiger partial charge in [0.15, 0.2) is 0 Å². The van der Waals surface area contributed by atoms with Gasteiger partial charge in [0.1, 0.15) is 0 Å². The molecule has 0 bridgehead atoms. The fourth-order valence-corrected chi connectivity index (χ4v) is 2.60. The Morgan fingerprint density at radius 2 is 1.90 bits per heavy atom. The van der Waals surface area contributed by atoms with Crippen LogP contribution in [0.15, 0.2) is 48.5 Å². The maximum atomic E-state index is 10.9. The lowest BCUT2D eigenvalue weighted by Gasteiger charge is -2.25. The number of benzene rings is 2. The molecule has 2 rings (SSSR count). The van der Waals surface area contributed by atoms with E-state index in [1.165, 1.54) is 0 Å². The Bertz CT molecular complexity index is 602. The molecule has 0 saturated carbocycles. The molecule has 0 radical (unpaired) electrons. The molecule has 2 aromatic rings. The summed E-state index contributed by atoms with van der Waals surface area (Å²) in [5, 5.41) is 11.4. The van der Waals surface area contributed by atoms with Crippen LogP contribution in [-0.4, -0.2) is 11.5 Å². The molecule has 0 aliphatic rings. The van der Waals surface area contributed by atoms with Gasteiger partial charge in [-0.3, -0.25) is 10.1 Å². The fraction of sp³-hybridized carbons (Fsp3) is 0.200. The first-order valence-electron chi connectivity index (χ1n) is 6.33. The summed E-state index contributed by atoms with van der Waals surface area (Å²) in [7, 11) is 0. The van der Waals surface area contributed by atoms with Gasteiger partial charge in [0.2, 0.25) is 0 Å². The number of hydrogen-bond acceptors (Lipinski definition) is 3. The van der Waals surface area contributed by atoms with Crippen LogP contribution in [0.1, 0.15) is 12.5 Å². The highest BCUT2D eigenvalue weighted by Gasteiger charge is 2.15. The van der Waals surface area contributed by atoms with Crippen LogP contribution in [0.2, 0.25) is 0 Å². The standard InChI is InChI=1S/C15H15BrN2O2/c1-2-17(13-6-4-3-5-7-13)15-9-8-14(18(19)20)10-12(15)11-16/h3-10H,2,11H2,1H3. The Morgan fingerprint density at radius 1 is 1.20 bits per heavy atom. The average molecular weight is 335 g/mol.